The number of piperazine rings is 1. The van der Waals surface area contributed by atoms with Gasteiger partial charge in [-0.05, 0) is 37.5 Å². The first kappa shape index (κ1) is 10.4. The van der Waals surface area contributed by atoms with Crippen LogP contribution in [0.1, 0.15) is 18.1 Å². The first-order valence-corrected chi connectivity index (χ1v) is 6.32. The summed E-state index contributed by atoms with van der Waals surface area (Å²) < 4.78 is 0. The fraction of sp³-hybridized carbons (Fsp3) is 0.538. The summed E-state index contributed by atoms with van der Waals surface area (Å²) in [6, 6.07) is 5.59. The van der Waals surface area contributed by atoms with Gasteiger partial charge in [0, 0.05) is 35.9 Å². The summed E-state index contributed by atoms with van der Waals surface area (Å²) in [5.74, 6) is 0. The molecule has 2 aliphatic rings. The number of benzene rings is 1. The van der Waals surface area contributed by atoms with E-state index >= 15 is 0 Å². The SMILES string of the molecule is Cc1cc2c(cc1Cl)N1C(C)CNCC1C2. The molecular formula is C13H17ClN2. The van der Waals surface area contributed by atoms with E-state index in [4.69, 9.17) is 11.6 Å². The third kappa shape index (κ3) is 1.44. The highest BCUT2D eigenvalue weighted by Gasteiger charge is 2.35. The molecule has 0 aliphatic carbocycles. The van der Waals surface area contributed by atoms with Gasteiger partial charge in [0.2, 0.25) is 0 Å². The van der Waals surface area contributed by atoms with E-state index in [2.05, 4.69) is 36.2 Å². The molecule has 0 radical (unpaired) electrons. The molecule has 1 aromatic rings. The molecule has 0 aromatic heterocycles. The van der Waals surface area contributed by atoms with Gasteiger partial charge in [0.05, 0.1) is 0 Å². The Morgan fingerprint density at radius 2 is 2.19 bits per heavy atom. The number of aryl methyl sites for hydroxylation is 1. The molecule has 2 aliphatic heterocycles. The van der Waals surface area contributed by atoms with Crippen molar-refractivity contribution in [1.82, 2.24) is 5.32 Å². The fourth-order valence-electron chi connectivity index (χ4n) is 3.01. The topological polar surface area (TPSA) is 15.3 Å². The minimum absolute atomic E-state index is 0.568. The molecule has 1 saturated heterocycles. The average Bonchev–Trinajstić information content (AvgIpc) is 2.58. The van der Waals surface area contributed by atoms with E-state index in [0.717, 1.165) is 24.5 Å². The average molecular weight is 237 g/mol. The van der Waals surface area contributed by atoms with Crippen molar-refractivity contribution in [3.05, 3.63) is 28.3 Å². The van der Waals surface area contributed by atoms with Crippen molar-refractivity contribution in [2.45, 2.75) is 32.4 Å². The molecule has 0 saturated carbocycles. The predicted octanol–water partition coefficient (Wildman–Crippen LogP) is 2.37. The highest BCUT2D eigenvalue weighted by atomic mass is 35.5. The van der Waals surface area contributed by atoms with Gasteiger partial charge >= 0.3 is 0 Å². The van der Waals surface area contributed by atoms with Gasteiger partial charge in [0.1, 0.15) is 0 Å². The molecule has 3 rings (SSSR count). The maximum absolute atomic E-state index is 6.23. The van der Waals surface area contributed by atoms with E-state index in [9.17, 15) is 0 Å². The lowest BCUT2D eigenvalue weighted by Gasteiger charge is -2.38. The molecule has 3 heteroatoms. The highest BCUT2D eigenvalue weighted by molar-refractivity contribution is 6.31. The summed E-state index contributed by atoms with van der Waals surface area (Å²) in [6.45, 7) is 6.53. The highest BCUT2D eigenvalue weighted by Crippen LogP contribution is 2.38. The minimum atomic E-state index is 0.568. The van der Waals surface area contributed by atoms with Crippen LogP contribution in [-0.2, 0) is 6.42 Å². The van der Waals surface area contributed by atoms with Gasteiger partial charge in [-0.15, -0.1) is 0 Å². The number of hydrogen-bond acceptors (Lipinski definition) is 2. The van der Waals surface area contributed by atoms with Crippen molar-refractivity contribution >= 4 is 17.3 Å². The molecule has 2 heterocycles. The molecule has 2 atom stereocenters. The van der Waals surface area contributed by atoms with Crippen molar-refractivity contribution in [2.75, 3.05) is 18.0 Å². The zero-order valence-electron chi connectivity index (χ0n) is 9.76. The van der Waals surface area contributed by atoms with Crippen molar-refractivity contribution < 1.29 is 0 Å². The van der Waals surface area contributed by atoms with Crippen molar-refractivity contribution in [2.24, 2.45) is 0 Å². The first-order valence-electron chi connectivity index (χ1n) is 5.95. The quantitative estimate of drug-likeness (QED) is 0.744. The van der Waals surface area contributed by atoms with Gasteiger partial charge in [-0.3, -0.25) is 0 Å². The Balaban J connectivity index is 2.06. The van der Waals surface area contributed by atoms with Crippen LogP contribution in [-0.4, -0.2) is 25.2 Å². The van der Waals surface area contributed by atoms with Gasteiger partial charge in [-0.2, -0.15) is 0 Å². The van der Waals surface area contributed by atoms with Crippen LogP contribution in [0.15, 0.2) is 12.1 Å². The second-order valence-electron chi connectivity index (χ2n) is 5.00. The van der Waals surface area contributed by atoms with Gasteiger partial charge < -0.3 is 10.2 Å². The zero-order chi connectivity index (χ0) is 11.3. The van der Waals surface area contributed by atoms with Gasteiger partial charge in [0.15, 0.2) is 0 Å². The molecule has 86 valence electrons. The normalized spacial score (nSPS) is 27.8. The van der Waals surface area contributed by atoms with E-state index in [-0.39, 0.29) is 0 Å². The molecule has 16 heavy (non-hydrogen) atoms. The lowest BCUT2D eigenvalue weighted by atomic mass is 10.1. The van der Waals surface area contributed by atoms with Crippen LogP contribution < -0.4 is 10.2 Å². The standard InChI is InChI=1S/C13H17ClN2/c1-8-3-10-4-11-7-15-6-9(2)16(11)13(10)5-12(8)14/h3,5,9,11,15H,4,6-7H2,1-2H3. The van der Waals surface area contributed by atoms with Crippen LogP contribution in [0.25, 0.3) is 0 Å². The third-order valence-corrected chi connectivity index (χ3v) is 4.19. The summed E-state index contributed by atoms with van der Waals surface area (Å²) in [4.78, 5) is 2.54. The van der Waals surface area contributed by atoms with Crippen LogP contribution in [0.2, 0.25) is 5.02 Å². The van der Waals surface area contributed by atoms with Crippen molar-refractivity contribution in [1.29, 1.82) is 0 Å². The molecular weight excluding hydrogens is 220 g/mol. The molecule has 1 N–H and O–H groups in total. The first-order chi connectivity index (χ1) is 7.66. The van der Waals surface area contributed by atoms with Crippen LogP contribution in [0.5, 0.6) is 0 Å². The Morgan fingerprint density at radius 1 is 1.38 bits per heavy atom. The smallest absolute Gasteiger partial charge is 0.0459 e. The minimum Gasteiger partial charge on any atom is -0.363 e. The summed E-state index contributed by atoms with van der Waals surface area (Å²) in [6.07, 6.45) is 1.16. The summed E-state index contributed by atoms with van der Waals surface area (Å²) in [5, 5.41) is 4.39. The number of rotatable bonds is 0. The van der Waals surface area contributed by atoms with Crippen LogP contribution in [0.3, 0.4) is 0 Å². The molecule has 2 nitrogen and oxygen atoms in total. The number of hydrogen-bond donors (Lipinski definition) is 1. The summed E-state index contributed by atoms with van der Waals surface area (Å²) in [7, 11) is 0. The van der Waals surface area contributed by atoms with Crippen LogP contribution in [0, 0.1) is 6.92 Å². The van der Waals surface area contributed by atoms with Gasteiger partial charge in [-0.1, -0.05) is 17.7 Å². The van der Waals surface area contributed by atoms with E-state index in [1.165, 1.54) is 16.8 Å². The van der Waals surface area contributed by atoms with Crippen LogP contribution in [0.4, 0.5) is 5.69 Å². The molecule has 0 spiro atoms. The monoisotopic (exact) mass is 236 g/mol. The fourth-order valence-corrected chi connectivity index (χ4v) is 3.17. The van der Waals surface area contributed by atoms with Gasteiger partial charge in [-0.25, -0.2) is 0 Å². The maximum atomic E-state index is 6.23. The largest absolute Gasteiger partial charge is 0.363 e. The Labute approximate surface area is 102 Å². The second kappa shape index (κ2) is 3.64. The molecule has 1 fully saturated rings. The lowest BCUT2D eigenvalue weighted by molar-refractivity contribution is 0.430. The number of fused-ring (bicyclic) bond motifs is 3. The lowest BCUT2D eigenvalue weighted by Crippen LogP contribution is -2.54. The summed E-state index contributed by atoms with van der Waals surface area (Å²) in [5.41, 5.74) is 4.01. The molecule has 2 unspecified atom stereocenters. The zero-order valence-corrected chi connectivity index (χ0v) is 10.5. The molecule has 0 bridgehead atoms. The van der Waals surface area contributed by atoms with E-state index in [1.54, 1.807) is 0 Å². The second-order valence-corrected chi connectivity index (χ2v) is 5.41. The molecule has 1 aromatic carbocycles. The number of nitrogens with one attached hydrogen (secondary N) is 1. The molecule has 0 amide bonds. The van der Waals surface area contributed by atoms with E-state index in [1.807, 2.05) is 0 Å². The van der Waals surface area contributed by atoms with E-state index in [0.29, 0.717) is 12.1 Å². The van der Waals surface area contributed by atoms with Gasteiger partial charge in [0.25, 0.3) is 0 Å². The number of halogens is 1. The summed E-state index contributed by atoms with van der Waals surface area (Å²) >= 11 is 6.23. The Hall–Kier alpha value is -0.730. The Morgan fingerprint density at radius 3 is 3.00 bits per heavy atom. The van der Waals surface area contributed by atoms with Crippen LogP contribution >= 0.6 is 11.6 Å². The van der Waals surface area contributed by atoms with Crippen molar-refractivity contribution in [3.8, 4) is 0 Å². The number of anilines is 1. The Bertz CT molecular complexity index is 430. The number of nitrogens with zero attached hydrogens (tertiary/aromatic N) is 1. The third-order valence-electron chi connectivity index (χ3n) is 3.78. The maximum Gasteiger partial charge on any atom is 0.0459 e. The van der Waals surface area contributed by atoms with E-state index < -0.39 is 0 Å². The van der Waals surface area contributed by atoms with Crippen molar-refractivity contribution in [3.63, 3.8) is 0 Å². The predicted molar refractivity (Wildman–Crippen MR) is 68.5 cm³/mol. The Kier molecular flexibility index (Phi) is 2.37.